The SMILES string of the molecule is Cl.O=C(NCCN1CCNCC1)c1nn(-c2ccc(F)cc2)cc1Br. The number of amides is 1. The maximum atomic E-state index is 13.0. The number of hydrogen-bond donors (Lipinski definition) is 2. The Labute approximate surface area is 160 Å². The minimum absolute atomic E-state index is 0. The van der Waals surface area contributed by atoms with Gasteiger partial charge in [-0.25, -0.2) is 9.07 Å². The third-order valence-corrected chi connectivity index (χ3v) is 4.48. The van der Waals surface area contributed by atoms with Crippen molar-refractivity contribution < 1.29 is 9.18 Å². The van der Waals surface area contributed by atoms with Crippen LogP contribution in [-0.2, 0) is 0 Å². The molecule has 1 aliphatic heterocycles. The number of nitrogens with zero attached hydrogens (tertiary/aromatic N) is 3. The van der Waals surface area contributed by atoms with E-state index in [2.05, 4.69) is 36.6 Å². The van der Waals surface area contributed by atoms with Crippen molar-refractivity contribution in [1.29, 1.82) is 0 Å². The highest BCUT2D eigenvalue weighted by Crippen LogP contribution is 2.18. The summed E-state index contributed by atoms with van der Waals surface area (Å²) in [5.74, 6) is -0.534. The summed E-state index contributed by atoms with van der Waals surface area (Å²) in [7, 11) is 0. The summed E-state index contributed by atoms with van der Waals surface area (Å²) in [6.07, 6.45) is 1.69. The molecule has 1 aromatic carbocycles. The predicted octanol–water partition coefficient (Wildman–Crippen LogP) is 1.83. The topological polar surface area (TPSA) is 62.2 Å². The molecule has 2 heterocycles. The predicted molar refractivity (Wildman–Crippen MR) is 100 cm³/mol. The minimum atomic E-state index is -0.309. The summed E-state index contributed by atoms with van der Waals surface area (Å²) >= 11 is 3.36. The van der Waals surface area contributed by atoms with E-state index < -0.39 is 0 Å². The molecule has 1 amide bonds. The number of carbonyl (C=O) groups is 1. The molecule has 0 atom stereocenters. The summed E-state index contributed by atoms with van der Waals surface area (Å²) < 4.78 is 15.2. The average molecular weight is 433 g/mol. The Balaban J connectivity index is 0.00000225. The standard InChI is InChI=1S/C16H19BrFN5O.ClH/c17-14-11-23(13-3-1-12(18)2-4-13)21-15(14)16(24)20-7-10-22-8-5-19-6-9-22;/h1-4,11,19H,5-10H2,(H,20,24);1H. The number of halogens is 3. The van der Waals surface area contributed by atoms with E-state index in [1.54, 1.807) is 23.0 Å². The molecule has 0 saturated carbocycles. The fourth-order valence-corrected chi connectivity index (χ4v) is 3.03. The molecule has 0 bridgehead atoms. The van der Waals surface area contributed by atoms with Gasteiger partial charge in [0.05, 0.1) is 10.2 Å². The molecule has 1 saturated heterocycles. The maximum Gasteiger partial charge on any atom is 0.273 e. The average Bonchev–Trinajstić information content (AvgIpc) is 2.98. The van der Waals surface area contributed by atoms with Crippen molar-refractivity contribution in [1.82, 2.24) is 25.3 Å². The second-order valence-electron chi connectivity index (χ2n) is 5.59. The van der Waals surface area contributed by atoms with Gasteiger partial charge in [0, 0.05) is 45.5 Å². The van der Waals surface area contributed by atoms with Crippen LogP contribution in [0.1, 0.15) is 10.5 Å². The van der Waals surface area contributed by atoms with Crippen LogP contribution in [0.5, 0.6) is 0 Å². The summed E-state index contributed by atoms with van der Waals surface area (Å²) in [6, 6.07) is 5.94. The molecule has 2 N–H and O–H groups in total. The lowest BCUT2D eigenvalue weighted by Crippen LogP contribution is -2.46. The largest absolute Gasteiger partial charge is 0.349 e. The van der Waals surface area contributed by atoms with E-state index >= 15 is 0 Å². The summed E-state index contributed by atoms with van der Waals surface area (Å²) in [5, 5.41) is 10.5. The number of carbonyl (C=O) groups excluding carboxylic acids is 1. The molecule has 6 nitrogen and oxygen atoms in total. The third-order valence-electron chi connectivity index (χ3n) is 3.90. The van der Waals surface area contributed by atoms with Gasteiger partial charge in [0.1, 0.15) is 5.82 Å². The number of piperazine rings is 1. The Morgan fingerprint density at radius 3 is 2.64 bits per heavy atom. The first-order chi connectivity index (χ1) is 11.6. The molecular formula is C16H20BrClFN5O. The summed E-state index contributed by atoms with van der Waals surface area (Å²) in [5.41, 5.74) is 1.01. The van der Waals surface area contributed by atoms with Crippen molar-refractivity contribution in [2.24, 2.45) is 0 Å². The van der Waals surface area contributed by atoms with Crippen LogP contribution in [0.4, 0.5) is 4.39 Å². The normalized spacial score (nSPS) is 14.8. The van der Waals surface area contributed by atoms with Crippen LogP contribution in [0.2, 0.25) is 0 Å². The second kappa shape index (κ2) is 9.28. The van der Waals surface area contributed by atoms with Gasteiger partial charge < -0.3 is 10.6 Å². The molecule has 1 fully saturated rings. The Hall–Kier alpha value is -1.48. The highest BCUT2D eigenvalue weighted by Gasteiger charge is 2.16. The number of rotatable bonds is 5. The molecule has 0 unspecified atom stereocenters. The molecule has 0 spiro atoms. The van der Waals surface area contributed by atoms with Crippen molar-refractivity contribution >= 4 is 34.2 Å². The molecular weight excluding hydrogens is 413 g/mol. The zero-order chi connectivity index (χ0) is 16.9. The van der Waals surface area contributed by atoms with Gasteiger partial charge in [-0.3, -0.25) is 9.69 Å². The Morgan fingerprint density at radius 1 is 1.28 bits per heavy atom. The van der Waals surface area contributed by atoms with Gasteiger partial charge in [0.25, 0.3) is 5.91 Å². The van der Waals surface area contributed by atoms with Crippen LogP contribution < -0.4 is 10.6 Å². The van der Waals surface area contributed by atoms with Gasteiger partial charge in [-0.15, -0.1) is 12.4 Å². The second-order valence-corrected chi connectivity index (χ2v) is 6.45. The zero-order valence-electron chi connectivity index (χ0n) is 13.5. The molecule has 25 heavy (non-hydrogen) atoms. The molecule has 2 aromatic rings. The quantitative estimate of drug-likeness (QED) is 0.757. The summed E-state index contributed by atoms with van der Waals surface area (Å²) in [6.45, 7) is 5.37. The van der Waals surface area contributed by atoms with Gasteiger partial charge in [-0.05, 0) is 40.2 Å². The van der Waals surface area contributed by atoms with E-state index in [0.29, 0.717) is 22.4 Å². The van der Waals surface area contributed by atoms with Crippen LogP contribution in [0.3, 0.4) is 0 Å². The van der Waals surface area contributed by atoms with Crippen molar-refractivity contribution in [2.45, 2.75) is 0 Å². The number of hydrogen-bond acceptors (Lipinski definition) is 4. The number of nitrogens with one attached hydrogen (secondary N) is 2. The first-order valence-electron chi connectivity index (χ1n) is 7.86. The lowest BCUT2D eigenvalue weighted by Gasteiger charge is -2.26. The molecule has 136 valence electrons. The maximum absolute atomic E-state index is 13.0. The minimum Gasteiger partial charge on any atom is -0.349 e. The van der Waals surface area contributed by atoms with Crippen LogP contribution in [0.25, 0.3) is 5.69 Å². The number of benzene rings is 1. The molecule has 9 heteroatoms. The van der Waals surface area contributed by atoms with Gasteiger partial charge in [-0.1, -0.05) is 0 Å². The Bertz CT molecular complexity index is 703. The van der Waals surface area contributed by atoms with E-state index in [0.717, 1.165) is 32.7 Å². The monoisotopic (exact) mass is 431 g/mol. The molecule has 1 aliphatic rings. The van der Waals surface area contributed by atoms with Crippen molar-refractivity contribution in [2.75, 3.05) is 39.3 Å². The van der Waals surface area contributed by atoms with Crippen molar-refractivity contribution in [3.05, 3.63) is 46.4 Å². The van der Waals surface area contributed by atoms with Crippen LogP contribution >= 0.6 is 28.3 Å². The smallest absolute Gasteiger partial charge is 0.273 e. The van der Waals surface area contributed by atoms with Gasteiger partial charge in [-0.2, -0.15) is 5.10 Å². The Kier molecular flexibility index (Phi) is 7.37. The van der Waals surface area contributed by atoms with Gasteiger partial charge >= 0.3 is 0 Å². The van der Waals surface area contributed by atoms with Gasteiger partial charge in [0.15, 0.2) is 5.69 Å². The summed E-state index contributed by atoms with van der Waals surface area (Å²) in [4.78, 5) is 14.6. The first-order valence-corrected chi connectivity index (χ1v) is 8.65. The molecule has 0 aliphatic carbocycles. The molecule has 3 rings (SSSR count). The lowest BCUT2D eigenvalue weighted by molar-refractivity contribution is 0.0941. The van der Waals surface area contributed by atoms with Crippen molar-refractivity contribution in [3.63, 3.8) is 0 Å². The Morgan fingerprint density at radius 2 is 1.96 bits per heavy atom. The highest BCUT2D eigenvalue weighted by atomic mass is 79.9. The van der Waals surface area contributed by atoms with E-state index in [1.807, 2.05) is 0 Å². The molecule has 0 radical (unpaired) electrons. The zero-order valence-corrected chi connectivity index (χ0v) is 15.9. The first kappa shape index (κ1) is 19.8. The highest BCUT2D eigenvalue weighted by molar-refractivity contribution is 9.10. The fraction of sp³-hybridized carbons (Fsp3) is 0.375. The van der Waals surface area contributed by atoms with E-state index in [-0.39, 0.29) is 24.1 Å². The van der Waals surface area contributed by atoms with E-state index in [1.165, 1.54) is 12.1 Å². The molecule has 1 aromatic heterocycles. The fourth-order valence-electron chi connectivity index (χ4n) is 2.58. The van der Waals surface area contributed by atoms with Crippen molar-refractivity contribution in [3.8, 4) is 5.69 Å². The van der Waals surface area contributed by atoms with Crippen LogP contribution in [0.15, 0.2) is 34.9 Å². The van der Waals surface area contributed by atoms with Crippen LogP contribution in [0, 0.1) is 5.82 Å². The van der Waals surface area contributed by atoms with Gasteiger partial charge in [0.2, 0.25) is 0 Å². The van der Waals surface area contributed by atoms with E-state index in [4.69, 9.17) is 0 Å². The number of aromatic nitrogens is 2. The third kappa shape index (κ3) is 5.24. The van der Waals surface area contributed by atoms with Crippen LogP contribution in [-0.4, -0.2) is 59.9 Å². The lowest BCUT2D eigenvalue weighted by atomic mass is 10.3. The van der Waals surface area contributed by atoms with E-state index in [9.17, 15) is 9.18 Å².